The molecule has 3 N–H and O–H groups in total. The Morgan fingerprint density at radius 2 is 1.71 bits per heavy atom. The summed E-state index contributed by atoms with van der Waals surface area (Å²) >= 11 is 0. The van der Waals surface area contributed by atoms with Crippen molar-refractivity contribution in [2.75, 3.05) is 10.6 Å². The summed E-state index contributed by atoms with van der Waals surface area (Å²) in [5.74, 6) is 1.37. The smallest absolute Gasteiger partial charge is 0.224 e. The molecule has 4 rings (SSSR count). The molecule has 6 heteroatoms. The molecule has 2 heterocycles. The zero-order chi connectivity index (χ0) is 19.2. The van der Waals surface area contributed by atoms with Crippen LogP contribution in [-0.4, -0.2) is 32.2 Å². The first kappa shape index (κ1) is 18.4. The van der Waals surface area contributed by atoms with Crippen LogP contribution >= 0.6 is 0 Å². The first-order chi connectivity index (χ1) is 13.8. The summed E-state index contributed by atoms with van der Waals surface area (Å²) in [5, 5.41) is 16.6. The molecule has 0 unspecified atom stereocenters. The van der Waals surface area contributed by atoms with Crippen LogP contribution in [0.3, 0.4) is 0 Å². The average Bonchev–Trinajstić information content (AvgIpc) is 2.75. The lowest BCUT2D eigenvalue weighted by Gasteiger charge is -2.27. The predicted molar refractivity (Wildman–Crippen MR) is 111 cm³/mol. The molecular weight excluding hydrogens is 350 g/mol. The van der Waals surface area contributed by atoms with Gasteiger partial charge >= 0.3 is 0 Å². The van der Waals surface area contributed by atoms with E-state index in [0.717, 1.165) is 42.8 Å². The summed E-state index contributed by atoms with van der Waals surface area (Å²) in [4.78, 5) is 13.7. The molecule has 1 fully saturated rings. The van der Waals surface area contributed by atoms with Gasteiger partial charge in [0.25, 0.3) is 0 Å². The van der Waals surface area contributed by atoms with Crippen molar-refractivity contribution < 1.29 is 5.11 Å². The zero-order valence-corrected chi connectivity index (χ0v) is 15.8. The third-order valence-corrected chi connectivity index (χ3v) is 5.06. The van der Waals surface area contributed by atoms with Crippen molar-refractivity contribution >= 4 is 11.8 Å². The number of pyridine rings is 1. The highest BCUT2D eigenvalue weighted by atomic mass is 16.3. The van der Waals surface area contributed by atoms with Crippen molar-refractivity contribution in [1.29, 1.82) is 0 Å². The summed E-state index contributed by atoms with van der Waals surface area (Å²) in [6.45, 7) is 0.666. The molecule has 1 aliphatic carbocycles. The Morgan fingerprint density at radius 3 is 2.46 bits per heavy atom. The molecule has 2 aromatic heterocycles. The molecule has 0 saturated heterocycles. The first-order valence-electron chi connectivity index (χ1n) is 9.79. The number of nitrogens with zero attached hydrogens (tertiary/aromatic N) is 3. The molecule has 1 saturated carbocycles. The van der Waals surface area contributed by atoms with Gasteiger partial charge in [-0.05, 0) is 43.4 Å². The van der Waals surface area contributed by atoms with E-state index in [-0.39, 0.29) is 6.10 Å². The lowest BCUT2D eigenvalue weighted by atomic mass is 9.93. The molecule has 3 aromatic rings. The van der Waals surface area contributed by atoms with Crippen molar-refractivity contribution in [2.24, 2.45) is 0 Å². The van der Waals surface area contributed by atoms with Crippen LogP contribution in [0.4, 0.5) is 11.8 Å². The van der Waals surface area contributed by atoms with Gasteiger partial charge in [0.15, 0.2) is 0 Å². The summed E-state index contributed by atoms with van der Waals surface area (Å²) < 4.78 is 0. The van der Waals surface area contributed by atoms with E-state index in [9.17, 15) is 5.11 Å². The molecule has 28 heavy (non-hydrogen) atoms. The van der Waals surface area contributed by atoms with Gasteiger partial charge in [-0.1, -0.05) is 36.4 Å². The minimum absolute atomic E-state index is 0.179. The second-order valence-corrected chi connectivity index (χ2v) is 7.16. The molecular formula is C22H25N5O. The van der Waals surface area contributed by atoms with Crippen LogP contribution in [0.15, 0.2) is 60.9 Å². The Labute approximate surface area is 165 Å². The fraction of sp³-hybridized carbons (Fsp3) is 0.318. The molecule has 0 atom stereocenters. The summed E-state index contributed by atoms with van der Waals surface area (Å²) in [7, 11) is 0. The Bertz CT molecular complexity index is 880. The molecule has 144 valence electrons. The topological polar surface area (TPSA) is 83.0 Å². The van der Waals surface area contributed by atoms with Crippen molar-refractivity contribution in [3.8, 4) is 11.3 Å². The number of hydrogen-bond acceptors (Lipinski definition) is 6. The van der Waals surface area contributed by atoms with E-state index in [1.54, 1.807) is 6.20 Å². The van der Waals surface area contributed by atoms with Gasteiger partial charge < -0.3 is 15.7 Å². The van der Waals surface area contributed by atoms with E-state index >= 15 is 0 Å². The van der Waals surface area contributed by atoms with Gasteiger partial charge in [0, 0.05) is 25.0 Å². The first-order valence-corrected chi connectivity index (χ1v) is 9.79. The number of aromatic nitrogens is 3. The number of aliphatic hydroxyl groups excluding tert-OH is 1. The average molecular weight is 375 g/mol. The van der Waals surface area contributed by atoms with Crippen molar-refractivity contribution in [2.45, 2.75) is 44.4 Å². The fourth-order valence-electron chi connectivity index (χ4n) is 3.48. The number of benzene rings is 1. The lowest BCUT2D eigenvalue weighted by Crippen LogP contribution is -2.29. The highest BCUT2D eigenvalue weighted by molar-refractivity contribution is 5.72. The molecule has 0 amide bonds. The van der Waals surface area contributed by atoms with Gasteiger partial charge in [0.1, 0.15) is 5.82 Å². The third kappa shape index (κ3) is 4.64. The largest absolute Gasteiger partial charge is 0.393 e. The van der Waals surface area contributed by atoms with E-state index in [2.05, 4.69) is 32.7 Å². The molecule has 0 spiro atoms. The lowest BCUT2D eigenvalue weighted by molar-refractivity contribution is 0.126. The van der Waals surface area contributed by atoms with Crippen LogP contribution in [0.2, 0.25) is 0 Å². The summed E-state index contributed by atoms with van der Waals surface area (Å²) in [6, 6.07) is 16.3. The number of rotatable bonds is 6. The molecule has 0 radical (unpaired) electrons. The van der Waals surface area contributed by atoms with Gasteiger partial charge in [0.05, 0.1) is 17.4 Å². The van der Waals surface area contributed by atoms with Crippen LogP contribution in [-0.2, 0) is 6.54 Å². The van der Waals surface area contributed by atoms with Crippen molar-refractivity contribution in [3.63, 3.8) is 0 Å². The maximum atomic E-state index is 9.77. The number of nitrogens with one attached hydrogen (secondary N) is 2. The molecule has 0 aliphatic heterocycles. The van der Waals surface area contributed by atoms with E-state index in [4.69, 9.17) is 4.98 Å². The van der Waals surface area contributed by atoms with Gasteiger partial charge in [0.2, 0.25) is 5.95 Å². The van der Waals surface area contributed by atoms with Crippen LogP contribution in [0.1, 0.15) is 31.2 Å². The van der Waals surface area contributed by atoms with Crippen LogP contribution in [0.25, 0.3) is 11.3 Å². The second kappa shape index (κ2) is 8.80. The maximum Gasteiger partial charge on any atom is 0.224 e. The molecule has 1 aromatic carbocycles. The van der Waals surface area contributed by atoms with Gasteiger partial charge in [-0.3, -0.25) is 4.98 Å². The summed E-state index contributed by atoms with van der Waals surface area (Å²) in [5.41, 5.74) is 2.91. The minimum atomic E-state index is -0.179. The van der Waals surface area contributed by atoms with E-state index < -0.39 is 0 Å². The number of anilines is 2. The maximum absolute atomic E-state index is 9.77. The van der Waals surface area contributed by atoms with Gasteiger partial charge in [-0.2, -0.15) is 4.98 Å². The SMILES string of the molecule is O[C@H]1CC[C@H](Nc2nc(NCc3ccccc3)ncc2-c2ccccn2)CC1. The standard InChI is InChI=1S/C22H25N5O/c28-18-11-9-17(10-12-18)26-21-19(20-8-4-5-13-23-20)15-25-22(27-21)24-14-16-6-2-1-3-7-16/h1-8,13,15,17-18,28H,9-12,14H2,(H2,24,25,26,27)/t17-,18-. The van der Waals surface area contributed by atoms with Gasteiger partial charge in [-0.15, -0.1) is 0 Å². The second-order valence-electron chi connectivity index (χ2n) is 7.16. The Morgan fingerprint density at radius 1 is 0.929 bits per heavy atom. The minimum Gasteiger partial charge on any atom is -0.393 e. The normalized spacial score (nSPS) is 19.2. The molecule has 6 nitrogen and oxygen atoms in total. The van der Waals surface area contributed by atoms with E-state index in [1.807, 2.05) is 42.6 Å². The van der Waals surface area contributed by atoms with E-state index in [0.29, 0.717) is 18.5 Å². The highest BCUT2D eigenvalue weighted by Crippen LogP contribution is 2.28. The van der Waals surface area contributed by atoms with Crippen LogP contribution in [0, 0.1) is 0 Å². The van der Waals surface area contributed by atoms with Crippen molar-refractivity contribution in [1.82, 2.24) is 15.0 Å². The van der Waals surface area contributed by atoms with Crippen LogP contribution in [0.5, 0.6) is 0 Å². The van der Waals surface area contributed by atoms with Gasteiger partial charge in [-0.25, -0.2) is 4.98 Å². The highest BCUT2D eigenvalue weighted by Gasteiger charge is 2.21. The van der Waals surface area contributed by atoms with Crippen LogP contribution < -0.4 is 10.6 Å². The number of aliphatic hydroxyl groups is 1. The Kier molecular flexibility index (Phi) is 5.77. The Hall–Kier alpha value is -2.99. The van der Waals surface area contributed by atoms with Crippen molar-refractivity contribution in [3.05, 3.63) is 66.5 Å². The predicted octanol–water partition coefficient (Wildman–Crippen LogP) is 3.87. The molecule has 1 aliphatic rings. The quantitative estimate of drug-likeness (QED) is 0.607. The monoisotopic (exact) mass is 375 g/mol. The number of hydrogen-bond donors (Lipinski definition) is 3. The third-order valence-electron chi connectivity index (χ3n) is 5.06. The fourth-order valence-corrected chi connectivity index (χ4v) is 3.48. The summed E-state index contributed by atoms with van der Waals surface area (Å²) in [6.07, 6.45) is 6.92. The van der Waals surface area contributed by atoms with E-state index in [1.165, 1.54) is 5.56 Å². The molecule has 0 bridgehead atoms. The zero-order valence-electron chi connectivity index (χ0n) is 15.8. The Balaban J connectivity index is 1.56.